The summed E-state index contributed by atoms with van der Waals surface area (Å²) in [5, 5.41) is -0.437. The van der Waals surface area contributed by atoms with Gasteiger partial charge in [0.15, 0.2) is 11.6 Å². The maximum Gasteiger partial charge on any atom is 0.352 e. The summed E-state index contributed by atoms with van der Waals surface area (Å²) < 4.78 is 20.5. The average molecular weight is 170 g/mol. The van der Waals surface area contributed by atoms with Gasteiger partial charge in [-0.3, -0.25) is 9.59 Å². The molecule has 0 fully saturated rings. The van der Waals surface area contributed by atoms with E-state index in [-0.39, 0.29) is 0 Å². The molecule has 0 saturated heterocycles. The molecular weight excluding hydrogens is 167 g/mol. The number of hydrogen-bond donors (Lipinski definition) is 0. The molecule has 4 nitrogen and oxygen atoms in total. The van der Waals surface area contributed by atoms with Gasteiger partial charge in [0, 0.05) is 6.08 Å². The van der Waals surface area contributed by atoms with Gasteiger partial charge in [0.05, 0.1) is 0 Å². The molecule has 1 aliphatic rings. The Balaban J connectivity index is 3.13. The Morgan fingerprint density at radius 3 is 2.18 bits per heavy atom. The van der Waals surface area contributed by atoms with Gasteiger partial charge in [-0.05, 0) is 12.2 Å². The van der Waals surface area contributed by atoms with E-state index >= 15 is 0 Å². The molecule has 11 heavy (non-hydrogen) atoms. The van der Waals surface area contributed by atoms with Gasteiger partial charge in [0.25, 0.3) is 0 Å². The Morgan fingerprint density at radius 1 is 1.09 bits per heavy atom. The van der Waals surface area contributed by atoms with Gasteiger partial charge < -0.3 is 0 Å². The number of rotatable bonds is 1. The summed E-state index contributed by atoms with van der Waals surface area (Å²) in [6, 6.07) is 0. The van der Waals surface area contributed by atoms with Gasteiger partial charge in [0.1, 0.15) is 5.31 Å². The zero-order valence-electron chi connectivity index (χ0n) is 5.31. The molecule has 0 atom stereocenters. The summed E-state index contributed by atoms with van der Waals surface area (Å²) in [7, 11) is -2.95. The molecule has 0 aliphatic heterocycles. The number of carbonyl (C=O) groups is 2. The van der Waals surface area contributed by atoms with Crippen molar-refractivity contribution in [3.05, 3.63) is 23.5 Å². The Kier molecular flexibility index (Phi) is 1.96. The molecule has 1 aliphatic carbocycles. The molecule has 0 aromatic heterocycles. The molecule has 5 heteroatoms. The molecular formula is C6H3O4P. The third-order valence-corrected chi connectivity index (χ3v) is 1.87. The fourth-order valence-electron chi connectivity index (χ4n) is 0.640. The van der Waals surface area contributed by atoms with E-state index in [1.54, 1.807) is 0 Å². The third kappa shape index (κ3) is 1.59. The summed E-state index contributed by atoms with van der Waals surface area (Å²) in [4.78, 5) is 21.2. The lowest BCUT2D eigenvalue weighted by atomic mass is 10.2. The van der Waals surface area contributed by atoms with Crippen LogP contribution in [0.3, 0.4) is 0 Å². The molecule has 0 aromatic carbocycles. The van der Waals surface area contributed by atoms with Gasteiger partial charge in [-0.1, -0.05) is 0 Å². The SMILES string of the molecule is O=C1C=CC(=O)C(P(=O)=O)=C1. The van der Waals surface area contributed by atoms with Crippen molar-refractivity contribution in [3.8, 4) is 0 Å². The molecule has 0 saturated carbocycles. The van der Waals surface area contributed by atoms with Crippen LogP contribution in [-0.4, -0.2) is 11.6 Å². The summed E-state index contributed by atoms with van der Waals surface area (Å²) in [5.74, 6) is -1.11. The van der Waals surface area contributed by atoms with Crippen molar-refractivity contribution in [1.82, 2.24) is 0 Å². The van der Waals surface area contributed by atoms with Gasteiger partial charge in [-0.2, -0.15) is 0 Å². The van der Waals surface area contributed by atoms with Crippen molar-refractivity contribution in [2.24, 2.45) is 0 Å². The second kappa shape index (κ2) is 2.76. The highest BCUT2D eigenvalue weighted by Crippen LogP contribution is 2.22. The third-order valence-electron chi connectivity index (χ3n) is 1.13. The van der Waals surface area contributed by atoms with Crippen LogP contribution in [0.25, 0.3) is 0 Å². The van der Waals surface area contributed by atoms with Crippen molar-refractivity contribution >= 4 is 19.2 Å². The lowest BCUT2D eigenvalue weighted by molar-refractivity contribution is -0.114. The van der Waals surface area contributed by atoms with Gasteiger partial charge >= 0.3 is 7.68 Å². The van der Waals surface area contributed by atoms with Crippen LogP contribution in [0.4, 0.5) is 0 Å². The van der Waals surface area contributed by atoms with Crippen molar-refractivity contribution in [2.75, 3.05) is 0 Å². The van der Waals surface area contributed by atoms with Crippen LogP contribution in [0.1, 0.15) is 0 Å². The number of ketones is 2. The summed E-state index contributed by atoms with van der Waals surface area (Å²) in [6.45, 7) is 0. The van der Waals surface area contributed by atoms with E-state index in [2.05, 4.69) is 0 Å². The van der Waals surface area contributed by atoms with E-state index in [0.29, 0.717) is 0 Å². The van der Waals surface area contributed by atoms with E-state index in [1.807, 2.05) is 0 Å². The molecule has 1 rings (SSSR count). The van der Waals surface area contributed by atoms with Crippen LogP contribution in [0.5, 0.6) is 0 Å². The van der Waals surface area contributed by atoms with Crippen molar-refractivity contribution in [1.29, 1.82) is 0 Å². The minimum Gasteiger partial charge on any atom is -0.290 e. The minimum absolute atomic E-state index is 0.437. The van der Waals surface area contributed by atoms with Crippen LogP contribution < -0.4 is 0 Å². The number of carbonyl (C=O) groups excluding carboxylic acids is 2. The minimum atomic E-state index is -2.95. The van der Waals surface area contributed by atoms with Gasteiger partial charge in [-0.25, -0.2) is 9.13 Å². The Labute approximate surface area is 62.4 Å². The highest BCUT2D eigenvalue weighted by atomic mass is 31.1. The first-order chi connectivity index (χ1) is 5.11. The first-order valence-corrected chi connectivity index (χ1v) is 3.91. The molecule has 0 amide bonds. The number of allylic oxidation sites excluding steroid dienone is 4. The summed E-state index contributed by atoms with van der Waals surface area (Å²) >= 11 is 0. The largest absolute Gasteiger partial charge is 0.352 e. The van der Waals surface area contributed by atoms with E-state index < -0.39 is 24.6 Å². The molecule has 0 unspecified atom stereocenters. The maximum absolute atomic E-state index is 10.7. The molecule has 0 heterocycles. The lowest BCUT2D eigenvalue weighted by Gasteiger charge is -1.94. The predicted octanol–water partition coefficient (Wildman–Crippen LogP) is 0.751. The normalized spacial score (nSPS) is 16.5. The molecule has 56 valence electrons. The summed E-state index contributed by atoms with van der Waals surface area (Å²) in [6.07, 6.45) is 2.79. The zero-order valence-corrected chi connectivity index (χ0v) is 6.21. The second-order valence-electron chi connectivity index (χ2n) is 1.89. The van der Waals surface area contributed by atoms with Crippen molar-refractivity contribution < 1.29 is 18.7 Å². The fourth-order valence-corrected chi connectivity index (χ4v) is 1.13. The fraction of sp³-hybridized carbons (Fsp3) is 0. The highest BCUT2D eigenvalue weighted by Gasteiger charge is 2.17. The predicted molar refractivity (Wildman–Crippen MR) is 35.5 cm³/mol. The van der Waals surface area contributed by atoms with Gasteiger partial charge in [0.2, 0.25) is 0 Å². The molecule has 0 spiro atoms. The van der Waals surface area contributed by atoms with Crippen LogP contribution in [0.15, 0.2) is 23.5 Å². The first kappa shape index (κ1) is 7.82. The van der Waals surface area contributed by atoms with Crippen LogP contribution in [-0.2, 0) is 18.7 Å². The van der Waals surface area contributed by atoms with Crippen molar-refractivity contribution in [3.63, 3.8) is 0 Å². The quantitative estimate of drug-likeness (QED) is 0.430. The lowest BCUT2D eigenvalue weighted by Crippen LogP contribution is -2.03. The average Bonchev–Trinajstić information content (AvgIpc) is 1.94. The number of hydrogen-bond acceptors (Lipinski definition) is 4. The molecule has 0 bridgehead atoms. The van der Waals surface area contributed by atoms with Crippen molar-refractivity contribution in [2.45, 2.75) is 0 Å². The van der Waals surface area contributed by atoms with Crippen LogP contribution in [0, 0.1) is 0 Å². The monoisotopic (exact) mass is 170 g/mol. The Morgan fingerprint density at radius 2 is 1.73 bits per heavy atom. The van der Waals surface area contributed by atoms with E-state index in [9.17, 15) is 18.7 Å². The topological polar surface area (TPSA) is 68.3 Å². The van der Waals surface area contributed by atoms with Gasteiger partial charge in [-0.15, -0.1) is 0 Å². The van der Waals surface area contributed by atoms with E-state index in [4.69, 9.17) is 0 Å². The first-order valence-electron chi connectivity index (χ1n) is 2.74. The Bertz CT molecular complexity index is 338. The van der Waals surface area contributed by atoms with E-state index in [1.165, 1.54) is 0 Å². The Hall–Kier alpha value is -1.28. The summed E-state index contributed by atoms with van der Waals surface area (Å²) in [5.41, 5.74) is 0. The smallest absolute Gasteiger partial charge is 0.290 e. The van der Waals surface area contributed by atoms with E-state index in [0.717, 1.165) is 18.2 Å². The van der Waals surface area contributed by atoms with Crippen LogP contribution in [0.2, 0.25) is 0 Å². The molecule has 0 radical (unpaired) electrons. The van der Waals surface area contributed by atoms with Crippen LogP contribution >= 0.6 is 7.68 Å². The highest BCUT2D eigenvalue weighted by molar-refractivity contribution is 7.38. The second-order valence-corrected chi connectivity index (χ2v) is 2.88. The molecule has 0 aromatic rings. The maximum atomic E-state index is 10.7. The standard InChI is InChI=1S/C6H3O4P/c7-4-1-2-5(8)6(3-4)11(9)10/h1-3H. The molecule has 0 N–H and O–H groups in total. The zero-order chi connectivity index (χ0) is 8.43.